The molecule has 2 aromatic rings. The number of nitrogens with zero attached hydrogens (tertiary/aromatic N) is 4. The molecule has 1 heterocycles. The van der Waals surface area contributed by atoms with Gasteiger partial charge in [-0.15, -0.1) is 10.2 Å². The molecule has 0 fully saturated rings. The zero-order chi connectivity index (χ0) is 15.4. The van der Waals surface area contributed by atoms with Gasteiger partial charge < -0.3 is 0 Å². The number of allylic oxidation sites excluding steroid dienone is 1. The highest BCUT2D eigenvalue weighted by Crippen LogP contribution is 2.32. The van der Waals surface area contributed by atoms with Crippen LogP contribution in [0.25, 0.3) is 10.9 Å². The predicted molar refractivity (Wildman–Crippen MR) is 87.5 cm³/mol. The highest BCUT2D eigenvalue weighted by atomic mass is 35.5. The molecule has 0 saturated carbocycles. The Kier molecular flexibility index (Phi) is 4.84. The summed E-state index contributed by atoms with van der Waals surface area (Å²) < 4.78 is 0. The molecule has 0 N–H and O–H groups in total. The number of azo groups is 1. The molecule has 0 aliphatic carbocycles. The first kappa shape index (κ1) is 15.4. The summed E-state index contributed by atoms with van der Waals surface area (Å²) in [6.45, 7) is 12.7. The van der Waals surface area contributed by atoms with Gasteiger partial charge in [0.2, 0.25) is 5.13 Å². The van der Waals surface area contributed by atoms with Crippen LogP contribution in [0, 0.1) is 20.4 Å². The summed E-state index contributed by atoms with van der Waals surface area (Å²) in [5.41, 5.74) is 3.61. The van der Waals surface area contributed by atoms with Crippen LogP contribution in [0.15, 0.2) is 34.1 Å². The topological polar surface area (TPSA) is 42.0 Å². The van der Waals surface area contributed by atoms with E-state index in [0.717, 1.165) is 16.1 Å². The molecule has 0 radical (unpaired) electrons. The number of halogens is 1. The Morgan fingerprint density at radius 3 is 2.81 bits per heavy atom. The van der Waals surface area contributed by atoms with Crippen LogP contribution in [-0.2, 0) is 0 Å². The first-order valence-electron chi connectivity index (χ1n) is 6.20. The van der Waals surface area contributed by atoms with Crippen molar-refractivity contribution < 1.29 is 0 Å². The SMILES string of the molecule is [C-]#[N+]/C(C)=C/c1sc(N=Nc2ccc(C)cc2C)nc1Cl. The van der Waals surface area contributed by atoms with Gasteiger partial charge in [0.25, 0.3) is 0 Å². The molecular formula is C15H13ClN4S. The van der Waals surface area contributed by atoms with Gasteiger partial charge in [0.05, 0.1) is 17.1 Å². The van der Waals surface area contributed by atoms with E-state index in [2.05, 4.69) is 26.1 Å². The lowest BCUT2D eigenvalue weighted by molar-refractivity contribution is 1.18. The van der Waals surface area contributed by atoms with E-state index < -0.39 is 0 Å². The van der Waals surface area contributed by atoms with Gasteiger partial charge in [0, 0.05) is 0 Å². The van der Waals surface area contributed by atoms with Crippen LogP contribution in [0.5, 0.6) is 0 Å². The lowest BCUT2D eigenvalue weighted by atomic mass is 10.1. The van der Waals surface area contributed by atoms with Gasteiger partial charge >= 0.3 is 0 Å². The minimum atomic E-state index is 0.345. The fourth-order valence-electron chi connectivity index (χ4n) is 1.67. The molecule has 2 rings (SSSR count). The van der Waals surface area contributed by atoms with Crippen molar-refractivity contribution in [3.8, 4) is 0 Å². The maximum atomic E-state index is 6.93. The van der Waals surface area contributed by atoms with E-state index in [1.54, 1.807) is 13.0 Å². The van der Waals surface area contributed by atoms with Crippen molar-refractivity contribution in [2.75, 3.05) is 0 Å². The number of rotatable bonds is 3. The molecule has 1 aromatic heterocycles. The first-order valence-corrected chi connectivity index (χ1v) is 7.40. The minimum absolute atomic E-state index is 0.345. The Bertz CT molecular complexity index is 768. The highest BCUT2D eigenvalue weighted by molar-refractivity contribution is 7.16. The molecule has 0 amide bonds. The zero-order valence-corrected chi connectivity index (χ0v) is 13.5. The van der Waals surface area contributed by atoms with Crippen molar-refractivity contribution in [1.82, 2.24) is 4.98 Å². The van der Waals surface area contributed by atoms with Gasteiger partial charge in [-0.3, -0.25) is 0 Å². The minimum Gasteiger partial charge on any atom is -0.243 e. The third-order valence-corrected chi connectivity index (χ3v) is 4.00. The van der Waals surface area contributed by atoms with E-state index in [4.69, 9.17) is 18.2 Å². The van der Waals surface area contributed by atoms with Crippen LogP contribution in [-0.4, -0.2) is 4.98 Å². The van der Waals surface area contributed by atoms with E-state index in [0.29, 0.717) is 16.0 Å². The first-order chi connectivity index (χ1) is 9.99. The quantitative estimate of drug-likeness (QED) is 0.497. The second kappa shape index (κ2) is 6.61. The molecule has 0 aliphatic heterocycles. The third kappa shape index (κ3) is 3.97. The third-order valence-electron chi connectivity index (χ3n) is 2.71. The Balaban J connectivity index is 2.26. The smallest absolute Gasteiger partial charge is 0.231 e. The van der Waals surface area contributed by atoms with Crippen molar-refractivity contribution in [3.63, 3.8) is 0 Å². The van der Waals surface area contributed by atoms with Crippen LogP contribution in [0.1, 0.15) is 22.9 Å². The summed E-state index contributed by atoms with van der Waals surface area (Å²) in [5.74, 6) is 0. The number of hydrogen-bond acceptors (Lipinski definition) is 4. The molecule has 0 saturated heterocycles. The van der Waals surface area contributed by atoms with Gasteiger partial charge in [0.1, 0.15) is 5.15 Å². The second-order valence-corrected chi connectivity index (χ2v) is 5.91. The van der Waals surface area contributed by atoms with Crippen LogP contribution >= 0.6 is 22.9 Å². The van der Waals surface area contributed by atoms with Crippen molar-refractivity contribution in [1.29, 1.82) is 0 Å². The van der Waals surface area contributed by atoms with Gasteiger partial charge in [-0.25, -0.2) is 9.83 Å². The predicted octanol–water partition coefficient (Wildman–Crippen LogP) is 6.11. The number of hydrogen-bond donors (Lipinski definition) is 0. The summed E-state index contributed by atoms with van der Waals surface area (Å²) in [5, 5.41) is 9.15. The average molecular weight is 317 g/mol. The summed E-state index contributed by atoms with van der Waals surface area (Å²) in [7, 11) is 0. The van der Waals surface area contributed by atoms with Crippen LogP contribution < -0.4 is 0 Å². The maximum absolute atomic E-state index is 6.93. The monoisotopic (exact) mass is 316 g/mol. The summed E-state index contributed by atoms with van der Waals surface area (Å²) in [4.78, 5) is 8.18. The molecule has 0 spiro atoms. The largest absolute Gasteiger partial charge is 0.243 e. The van der Waals surface area contributed by atoms with Crippen LogP contribution in [0.4, 0.5) is 10.8 Å². The molecule has 0 atom stereocenters. The zero-order valence-electron chi connectivity index (χ0n) is 11.9. The maximum Gasteiger partial charge on any atom is 0.231 e. The van der Waals surface area contributed by atoms with Crippen LogP contribution in [0.3, 0.4) is 0 Å². The van der Waals surface area contributed by atoms with E-state index >= 15 is 0 Å². The van der Waals surface area contributed by atoms with E-state index in [-0.39, 0.29) is 0 Å². The standard InChI is InChI=1S/C15H13ClN4S/c1-9-5-6-12(10(2)7-9)19-20-15-18-14(16)13(21-15)8-11(3)17-4/h5-8H,1-3H3/b11-8+,20-19?. The van der Waals surface area contributed by atoms with Gasteiger partial charge in [-0.2, -0.15) is 0 Å². The highest BCUT2D eigenvalue weighted by Gasteiger charge is 2.07. The average Bonchev–Trinajstić information content (AvgIpc) is 2.78. The molecular weight excluding hydrogens is 304 g/mol. The normalized spacial score (nSPS) is 11.9. The van der Waals surface area contributed by atoms with Crippen molar-refractivity contribution in [3.05, 3.63) is 56.5 Å². The molecule has 6 heteroatoms. The lowest BCUT2D eigenvalue weighted by Crippen LogP contribution is -1.76. The lowest BCUT2D eigenvalue weighted by Gasteiger charge is -1.98. The van der Waals surface area contributed by atoms with Crippen LogP contribution in [0.2, 0.25) is 5.15 Å². The van der Waals surface area contributed by atoms with Crippen molar-refractivity contribution in [2.45, 2.75) is 20.8 Å². The molecule has 0 aliphatic rings. The Morgan fingerprint density at radius 1 is 1.38 bits per heavy atom. The van der Waals surface area contributed by atoms with E-state index in [1.807, 2.05) is 26.0 Å². The second-order valence-electron chi connectivity index (χ2n) is 4.54. The van der Waals surface area contributed by atoms with Gasteiger partial charge in [-0.05, 0) is 38.5 Å². The molecule has 4 nitrogen and oxygen atoms in total. The van der Waals surface area contributed by atoms with Gasteiger partial charge in [0.15, 0.2) is 5.70 Å². The molecule has 1 aromatic carbocycles. The van der Waals surface area contributed by atoms with Gasteiger partial charge in [-0.1, -0.05) is 40.6 Å². The summed E-state index contributed by atoms with van der Waals surface area (Å²) in [6, 6.07) is 5.97. The number of thiazole rings is 1. The fourth-order valence-corrected chi connectivity index (χ4v) is 2.75. The Morgan fingerprint density at radius 2 is 2.14 bits per heavy atom. The van der Waals surface area contributed by atoms with E-state index in [1.165, 1.54) is 16.9 Å². The fraction of sp³-hybridized carbons (Fsp3) is 0.200. The van der Waals surface area contributed by atoms with Crippen molar-refractivity contribution >= 4 is 39.8 Å². The summed E-state index contributed by atoms with van der Waals surface area (Å²) in [6.07, 6.45) is 1.70. The summed E-state index contributed by atoms with van der Waals surface area (Å²) >= 11 is 7.34. The molecule has 106 valence electrons. The Labute approximate surface area is 132 Å². The Hall–Kier alpha value is -2.03. The van der Waals surface area contributed by atoms with E-state index in [9.17, 15) is 0 Å². The van der Waals surface area contributed by atoms with Crippen molar-refractivity contribution in [2.24, 2.45) is 10.2 Å². The molecule has 21 heavy (non-hydrogen) atoms. The number of aromatic nitrogens is 1. The molecule has 0 unspecified atom stereocenters. The number of benzene rings is 1. The number of aryl methyl sites for hydroxylation is 2. The molecule has 0 bridgehead atoms.